The van der Waals surface area contributed by atoms with E-state index < -0.39 is 0 Å². The number of hydrogen-bond donors (Lipinski definition) is 1. The molecule has 0 radical (unpaired) electrons. The molecule has 2 saturated heterocycles. The number of rotatable bonds is 3. The Labute approximate surface area is 106 Å². The maximum atomic E-state index is 5.67. The fourth-order valence-electron chi connectivity index (χ4n) is 2.38. The first-order chi connectivity index (χ1) is 8.92. The van der Waals surface area contributed by atoms with Crippen molar-refractivity contribution < 1.29 is 14.0 Å². The second kappa shape index (κ2) is 5.77. The lowest BCUT2D eigenvalue weighted by Gasteiger charge is -2.21. The van der Waals surface area contributed by atoms with Crippen LogP contribution in [0.15, 0.2) is 4.52 Å². The molecule has 6 heteroatoms. The lowest BCUT2D eigenvalue weighted by molar-refractivity contribution is 0.0124. The van der Waals surface area contributed by atoms with Crippen molar-refractivity contribution in [1.29, 1.82) is 0 Å². The Morgan fingerprint density at radius 3 is 3.00 bits per heavy atom. The van der Waals surface area contributed by atoms with E-state index in [1.165, 1.54) is 6.42 Å². The lowest BCUT2D eigenvalue weighted by atomic mass is 10.1. The van der Waals surface area contributed by atoms with Gasteiger partial charge in [-0.05, 0) is 19.3 Å². The standard InChI is InChI=1S/C12H19N3O3/c1-2-5-16-9(3-1)7-11-14-12(15-18-11)10-8-13-4-6-17-10/h9-10,13H,1-8H2. The Morgan fingerprint density at radius 1 is 1.22 bits per heavy atom. The molecule has 2 aliphatic heterocycles. The van der Waals surface area contributed by atoms with Crippen LogP contribution >= 0.6 is 0 Å². The van der Waals surface area contributed by atoms with E-state index in [4.69, 9.17) is 14.0 Å². The summed E-state index contributed by atoms with van der Waals surface area (Å²) in [5.74, 6) is 1.30. The molecule has 6 nitrogen and oxygen atoms in total. The van der Waals surface area contributed by atoms with Gasteiger partial charge in [0.1, 0.15) is 6.10 Å². The Morgan fingerprint density at radius 2 is 2.22 bits per heavy atom. The maximum absolute atomic E-state index is 5.67. The molecule has 100 valence electrons. The van der Waals surface area contributed by atoms with Crippen molar-refractivity contribution in [2.24, 2.45) is 0 Å². The van der Waals surface area contributed by atoms with E-state index in [0.29, 0.717) is 24.7 Å². The van der Waals surface area contributed by atoms with Crippen LogP contribution in [0.5, 0.6) is 0 Å². The van der Waals surface area contributed by atoms with Crippen LogP contribution in [0.3, 0.4) is 0 Å². The van der Waals surface area contributed by atoms with Crippen molar-refractivity contribution in [3.05, 3.63) is 11.7 Å². The molecule has 1 N–H and O–H groups in total. The summed E-state index contributed by atoms with van der Waals surface area (Å²) in [6.45, 7) is 3.18. The first-order valence-corrected chi connectivity index (χ1v) is 6.68. The molecule has 0 aliphatic carbocycles. The Kier molecular flexibility index (Phi) is 3.87. The summed E-state index contributed by atoms with van der Waals surface area (Å²) in [5, 5.41) is 7.25. The van der Waals surface area contributed by atoms with Crippen LogP contribution in [-0.4, -0.2) is 42.5 Å². The first-order valence-electron chi connectivity index (χ1n) is 6.68. The Hall–Kier alpha value is -0.980. The SMILES string of the molecule is C1CCC(Cc2nc(C3CNCCO3)no2)OC1. The van der Waals surface area contributed by atoms with Gasteiger partial charge in [-0.25, -0.2) is 0 Å². The molecule has 0 spiro atoms. The van der Waals surface area contributed by atoms with Crippen LogP contribution in [0.4, 0.5) is 0 Å². The molecule has 2 unspecified atom stereocenters. The normalized spacial score (nSPS) is 29.3. The van der Waals surface area contributed by atoms with Crippen molar-refractivity contribution in [1.82, 2.24) is 15.5 Å². The van der Waals surface area contributed by atoms with Gasteiger partial charge in [-0.15, -0.1) is 0 Å². The summed E-state index contributed by atoms with van der Waals surface area (Å²) in [4.78, 5) is 4.41. The summed E-state index contributed by atoms with van der Waals surface area (Å²) < 4.78 is 16.5. The Balaban J connectivity index is 1.58. The molecule has 0 amide bonds. The third-order valence-electron chi connectivity index (χ3n) is 3.38. The van der Waals surface area contributed by atoms with Crippen LogP contribution in [-0.2, 0) is 15.9 Å². The van der Waals surface area contributed by atoms with E-state index in [2.05, 4.69) is 15.5 Å². The van der Waals surface area contributed by atoms with Gasteiger partial charge in [0.25, 0.3) is 0 Å². The smallest absolute Gasteiger partial charge is 0.229 e. The van der Waals surface area contributed by atoms with E-state index in [0.717, 1.165) is 32.5 Å². The van der Waals surface area contributed by atoms with Crippen molar-refractivity contribution in [3.63, 3.8) is 0 Å². The van der Waals surface area contributed by atoms with Crippen LogP contribution in [0, 0.1) is 0 Å². The highest BCUT2D eigenvalue weighted by Gasteiger charge is 2.23. The topological polar surface area (TPSA) is 69.4 Å². The molecule has 1 aromatic heterocycles. The van der Waals surface area contributed by atoms with Crippen molar-refractivity contribution in [2.75, 3.05) is 26.3 Å². The van der Waals surface area contributed by atoms with Crippen LogP contribution in [0.2, 0.25) is 0 Å². The number of nitrogens with zero attached hydrogens (tertiary/aromatic N) is 2. The average Bonchev–Trinajstić information content (AvgIpc) is 2.89. The van der Waals surface area contributed by atoms with Gasteiger partial charge in [0, 0.05) is 19.7 Å². The van der Waals surface area contributed by atoms with Crippen LogP contribution < -0.4 is 5.32 Å². The fourth-order valence-corrected chi connectivity index (χ4v) is 2.38. The zero-order valence-corrected chi connectivity index (χ0v) is 10.4. The predicted octanol–water partition coefficient (Wildman–Crippen LogP) is 0.842. The second-order valence-corrected chi connectivity index (χ2v) is 4.80. The molecular weight excluding hydrogens is 234 g/mol. The molecule has 0 saturated carbocycles. The molecule has 3 heterocycles. The van der Waals surface area contributed by atoms with Gasteiger partial charge in [0.2, 0.25) is 11.7 Å². The number of aromatic nitrogens is 2. The van der Waals surface area contributed by atoms with Crippen LogP contribution in [0.1, 0.15) is 37.1 Å². The average molecular weight is 253 g/mol. The molecule has 0 bridgehead atoms. The number of hydrogen-bond acceptors (Lipinski definition) is 6. The van der Waals surface area contributed by atoms with Crippen molar-refractivity contribution in [3.8, 4) is 0 Å². The monoisotopic (exact) mass is 253 g/mol. The predicted molar refractivity (Wildman–Crippen MR) is 63.2 cm³/mol. The van der Waals surface area contributed by atoms with Gasteiger partial charge in [0.15, 0.2) is 0 Å². The molecule has 3 rings (SSSR count). The van der Waals surface area contributed by atoms with Gasteiger partial charge in [-0.2, -0.15) is 4.98 Å². The highest BCUT2D eigenvalue weighted by Crippen LogP contribution is 2.19. The Bertz CT molecular complexity index is 370. The van der Waals surface area contributed by atoms with E-state index in [9.17, 15) is 0 Å². The minimum atomic E-state index is -0.0801. The van der Waals surface area contributed by atoms with E-state index in [1.807, 2.05) is 0 Å². The summed E-state index contributed by atoms with van der Waals surface area (Å²) >= 11 is 0. The summed E-state index contributed by atoms with van der Waals surface area (Å²) in [7, 11) is 0. The fraction of sp³-hybridized carbons (Fsp3) is 0.833. The number of morpholine rings is 1. The largest absolute Gasteiger partial charge is 0.378 e. The highest BCUT2D eigenvalue weighted by molar-refractivity contribution is 4.94. The lowest BCUT2D eigenvalue weighted by Crippen LogP contribution is -2.33. The molecule has 2 fully saturated rings. The summed E-state index contributed by atoms with van der Waals surface area (Å²) in [6.07, 6.45) is 4.34. The van der Waals surface area contributed by atoms with Gasteiger partial charge in [-0.1, -0.05) is 5.16 Å². The zero-order chi connectivity index (χ0) is 12.2. The van der Waals surface area contributed by atoms with Gasteiger partial charge < -0.3 is 19.3 Å². The maximum Gasteiger partial charge on any atom is 0.229 e. The highest BCUT2D eigenvalue weighted by atomic mass is 16.5. The van der Waals surface area contributed by atoms with Crippen molar-refractivity contribution in [2.45, 2.75) is 37.9 Å². The van der Waals surface area contributed by atoms with Gasteiger partial charge in [-0.3, -0.25) is 0 Å². The third kappa shape index (κ3) is 2.88. The molecule has 2 atom stereocenters. The number of nitrogens with one attached hydrogen (secondary N) is 1. The summed E-state index contributed by atoms with van der Waals surface area (Å²) in [5.41, 5.74) is 0. The van der Waals surface area contributed by atoms with Gasteiger partial charge >= 0.3 is 0 Å². The number of ether oxygens (including phenoxy) is 2. The molecule has 18 heavy (non-hydrogen) atoms. The van der Waals surface area contributed by atoms with Crippen molar-refractivity contribution >= 4 is 0 Å². The molecule has 0 aromatic carbocycles. The zero-order valence-electron chi connectivity index (χ0n) is 10.4. The minimum Gasteiger partial charge on any atom is -0.378 e. The second-order valence-electron chi connectivity index (χ2n) is 4.80. The first kappa shape index (κ1) is 12.1. The van der Waals surface area contributed by atoms with Crippen LogP contribution in [0.25, 0.3) is 0 Å². The van der Waals surface area contributed by atoms with E-state index >= 15 is 0 Å². The summed E-state index contributed by atoms with van der Waals surface area (Å²) in [6, 6.07) is 0. The van der Waals surface area contributed by atoms with Gasteiger partial charge in [0.05, 0.1) is 19.1 Å². The minimum absolute atomic E-state index is 0.0801. The quantitative estimate of drug-likeness (QED) is 0.861. The third-order valence-corrected chi connectivity index (χ3v) is 3.38. The van der Waals surface area contributed by atoms with E-state index in [1.54, 1.807) is 0 Å². The van der Waals surface area contributed by atoms with E-state index in [-0.39, 0.29) is 12.2 Å². The molecular formula is C12H19N3O3. The molecule has 1 aromatic rings. The molecule has 2 aliphatic rings.